The van der Waals surface area contributed by atoms with E-state index in [0.29, 0.717) is 26.3 Å². The number of hydrogen-bond acceptors (Lipinski definition) is 6. The lowest BCUT2D eigenvalue weighted by Gasteiger charge is -2.31. The summed E-state index contributed by atoms with van der Waals surface area (Å²) in [5, 5.41) is 4.12. The van der Waals surface area contributed by atoms with Crippen molar-refractivity contribution in [3.05, 3.63) is 48.0 Å². The first-order chi connectivity index (χ1) is 15.7. The fourth-order valence-electron chi connectivity index (χ4n) is 4.04. The van der Waals surface area contributed by atoms with Gasteiger partial charge < -0.3 is 19.7 Å². The van der Waals surface area contributed by atoms with E-state index >= 15 is 0 Å². The first-order valence-corrected chi connectivity index (χ1v) is 12.3. The van der Waals surface area contributed by atoms with Crippen molar-refractivity contribution in [2.24, 2.45) is 5.92 Å². The molecule has 0 unspecified atom stereocenters. The second-order valence-corrected chi connectivity index (χ2v) is 8.97. The second kappa shape index (κ2) is 10.7. The molecule has 0 radical (unpaired) electrons. The van der Waals surface area contributed by atoms with Crippen LogP contribution in [0, 0.1) is 5.92 Å². The summed E-state index contributed by atoms with van der Waals surface area (Å²) >= 11 is 1.67. The van der Waals surface area contributed by atoms with Gasteiger partial charge in [-0.25, -0.2) is 4.98 Å². The number of benzene rings is 2. The molecule has 0 spiro atoms. The smallest absolute Gasteiger partial charge is 0.224 e. The van der Waals surface area contributed by atoms with E-state index in [9.17, 15) is 4.79 Å². The molecule has 0 bridgehead atoms. The minimum Gasteiger partial charge on any atom is -0.494 e. The molecule has 1 amide bonds. The Morgan fingerprint density at radius 3 is 2.66 bits per heavy atom. The number of anilines is 1. The molecule has 1 aliphatic heterocycles. The molecule has 1 aromatic heterocycles. The van der Waals surface area contributed by atoms with Gasteiger partial charge in [-0.3, -0.25) is 4.79 Å². The zero-order chi connectivity index (χ0) is 22.3. The van der Waals surface area contributed by atoms with Crippen LogP contribution in [0.25, 0.3) is 10.2 Å². The van der Waals surface area contributed by atoms with E-state index in [2.05, 4.69) is 28.4 Å². The van der Waals surface area contributed by atoms with Gasteiger partial charge in [-0.15, -0.1) is 0 Å². The first kappa shape index (κ1) is 22.4. The summed E-state index contributed by atoms with van der Waals surface area (Å²) in [7, 11) is 0. The largest absolute Gasteiger partial charge is 0.494 e. The Labute approximate surface area is 193 Å². The Balaban J connectivity index is 1.31. The Hall–Kier alpha value is -2.80. The van der Waals surface area contributed by atoms with E-state index in [4.69, 9.17) is 14.5 Å². The number of aromatic nitrogens is 1. The third kappa shape index (κ3) is 5.51. The highest BCUT2D eigenvalue weighted by Gasteiger charge is 2.27. The molecular formula is C25H31N3O3S. The first-order valence-electron chi connectivity index (χ1n) is 11.4. The van der Waals surface area contributed by atoms with Crippen LogP contribution in [0.2, 0.25) is 0 Å². The van der Waals surface area contributed by atoms with E-state index in [0.717, 1.165) is 52.7 Å². The highest BCUT2D eigenvalue weighted by molar-refractivity contribution is 7.22. The van der Waals surface area contributed by atoms with Gasteiger partial charge in [0.15, 0.2) is 5.13 Å². The monoisotopic (exact) mass is 453 g/mol. The van der Waals surface area contributed by atoms with Gasteiger partial charge in [0.2, 0.25) is 5.91 Å². The standard InChI is InChI=1S/C25H31N3O3S/c1-3-30-20-9-7-18(8-10-20)13-14-26-24(29)19-6-5-15-28(17-19)25-27-22-12-11-21(31-4-2)16-23(22)32-25/h7-12,16,19H,3-6,13-15,17H2,1-2H3,(H,26,29)/t19-/m0/s1. The number of fused-ring (bicyclic) bond motifs is 1. The van der Waals surface area contributed by atoms with Gasteiger partial charge in [-0.2, -0.15) is 0 Å². The minimum absolute atomic E-state index is 0.00456. The fourth-order valence-corrected chi connectivity index (χ4v) is 5.07. The summed E-state index contributed by atoms with van der Waals surface area (Å²) in [5.41, 5.74) is 2.18. The Kier molecular flexibility index (Phi) is 7.47. The lowest BCUT2D eigenvalue weighted by molar-refractivity contribution is -0.125. The molecule has 1 N–H and O–H groups in total. The van der Waals surface area contributed by atoms with Crippen LogP contribution in [-0.2, 0) is 11.2 Å². The van der Waals surface area contributed by atoms with E-state index in [-0.39, 0.29) is 11.8 Å². The topological polar surface area (TPSA) is 63.7 Å². The van der Waals surface area contributed by atoms with Gasteiger partial charge in [0, 0.05) is 19.6 Å². The predicted molar refractivity (Wildman–Crippen MR) is 130 cm³/mol. The molecular weight excluding hydrogens is 422 g/mol. The van der Waals surface area contributed by atoms with Crippen LogP contribution >= 0.6 is 11.3 Å². The lowest BCUT2D eigenvalue weighted by Crippen LogP contribution is -2.43. The molecule has 2 aromatic carbocycles. The molecule has 0 aliphatic carbocycles. The highest BCUT2D eigenvalue weighted by atomic mass is 32.1. The van der Waals surface area contributed by atoms with E-state index in [1.165, 1.54) is 5.56 Å². The number of thiazole rings is 1. The summed E-state index contributed by atoms with van der Waals surface area (Å²) in [6.45, 7) is 7.58. The van der Waals surface area contributed by atoms with Crippen LogP contribution in [-0.4, -0.2) is 43.7 Å². The maximum Gasteiger partial charge on any atom is 0.224 e. The Bertz CT molecular complexity index is 1030. The Morgan fingerprint density at radius 1 is 1.12 bits per heavy atom. The molecule has 0 saturated carbocycles. The number of piperidine rings is 1. The maximum absolute atomic E-state index is 12.8. The van der Waals surface area contributed by atoms with Gasteiger partial charge >= 0.3 is 0 Å². The molecule has 1 fully saturated rings. The van der Waals surface area contributed by atoms with Gasteiger partial charge in [0.05, 0.1) is 29.3 Å². The SMILES string of the molecule is CCOc1ccc(CCNC(=O)[C@H]2CCCN(c3nc4ccc(OCC)cc4s3)C2)cc1. The van der Waals surface area contributed by atoms with Gasteiger partial charge in [0.1, 0.15) is 11.5 Å². The van der Waals surface area contributed by atoms with E-state index in [1.54, 1.807) is 11.3 Å². The summed E-state index contributed by atoms with van der Waals surface area (Å²) < 4.78 is 12.2. The van der Waals surface area contributed by atoms with Crippen molar-refractivity contribution >= 4 is 32.6 Å². The van der Waals surface area contributed by atoms with Crippen LogP contribution in [0.1, 0.15) is 32.3 Å². The number of carbonyl (C=O) groups is 1. The van der Waals surface area contributed by atoms with Crippen LogP contribution in [0.5, 0.6) is 11.5 Å². The molecule has 4 rings (SSSR count). The van der Waals surface area contributed by atoms with Crippen molar-refractivity contribution in [1.82, 2.24) is 10.3 Å². The molecule has 2 heterocycles. The summed E-state index contributed by atoms with van der Waals surface area (Å²) in [6.07, 6.45) is 2.73. The van der Waals surface area contributed by atoms with E-state index in [1.807, 2.05) is 38.1 Å². The second-order valence-electron chi connectivity index (χ2n) is 7.96. The van der Waals surface area contributed by atoms with Gasteiger partial charge in [-0.05, 0) is 69.0 Å². The summed E-state index contributed by atoms with van der Waals surface area (Å²) in [5.74, 6) is 1.89. The van der Waals surface area contributed by atoms with Crippen molar-refractivity contribution in [1.29, 1.82) is 0 Å². The third-order valence-electron chi connectivity index (χ3n) is 5.67. The number of rotatable bonds is 9. The normalized spacial score (nSPS) is 16.2. The predicted octanol–water partition coefficient (Wildman–Crippen LogP) is 4.67. The fraction of sp³-hybridized carbons (Fsp3) is 0.440. The molecule has 1 atom stereocenters. The highest BCUT2D eigenvalue weighted by Crippen LogP contribution is 2.33. The zero-order valence-corrected chi connectivity index (χ0v) is 19.6. The number of amides is 1. The molecule has 170 valence electrons. The third-order valence-corrected chi connectivity index (χ3v) is 6.75. The van der Waals surface area contributed by atoms with Crippen molar-refractivity contribution in [3.63, 3.8) is 0 Å². The number of carbonyl (C=O) groups excluding carboxylic acids is 1. The van der Waals surface area contributed by atoms with Crippen LogP contribution in [0.3, 0.4) is 0 Å². The number of nitrogens with one attached hydrogen (secondary N) is 1. The molecule has 6 nitrogen and oxygen atoms in total. The molecule has 3 aromatic rings. The van der Waals surface area contributed by atoms with Crippen LogP contribution < -0.4 is 19.7 Å². The maximum atomic E-state index is 12.8. The minimum atomic E-state index is -0.00456. The molecule has 1 saturated heterocycles. The van der Waals surface area contributed by atoms with Crippen LogP contribution in [0.15, 0.2) is 42.5 Å². The Morgan fingerprint density at radius 2 is 1.88 bits per heavy atom. The summed E-state index contributed by atoms with van der Waals surface area (Å²) in [6, 6.07) is 14.1. The molecule has 32 heavy (non-hydrogen) atoms. The van der Waals surface area contributed by atoms with Crippen molar-refractivity contribution < 1.29 is 14.3 Å². The number of nitrogens with zero attached hydrogens (tertiary/aromatic N) is 2. The zero-order valence-electron chi connectivity index (χ0n) is 18.8. The van der Waals surface area contributed by atoms with Crippen LogP contribution in [0.4, 0.5) is 5.13 Å². The van der Waals surface area contributed by atoms with Crippen molar-refractivity contribution in [3.8, 4) is 11.5 Å². The average Bonchev–Trinajstić information content (AvgIpc) is 3.24. The van der Waals surface area contributed by atoms with Crippen molar-refractivity contribution in [2.45, 2.75) is 33.1 Å². The quantitative estimate of drug-likeness (QED) is 0.510. The molecule has 7 heteroatoms. The number of hydrogen-bond donors (Lipinski definition) is 1. The van der Waals surface area contributed by atoms with E-state index < -0.39 is 0 Å². The molecule has 1 aliphatic rings. The number of ether oxygens (including phenoxy) is 2. The van der Waals surface area contributed by atoms with Gasteiger partial charge in [-0.1, -0.05) is 23.5 Å². The average molecular weight is 454 g/mol. The van der Waals surface area contributed by atoms with Crippen molar-refractivity contribution in [2.75, 3.05) is 37.7 Å². The summed E-state index contributed by atoms with van der Waals surface area (Å²) in [4.78, 5) is 19.9. The lowest BCUT2D eigenvalue weighted by atomic mass is 9.97. The van der Waals surface area contributed by atoms with Gasteiger partial charge in [0.25, 0.3) is 0 Å².